The van der Waals surface area contributed by atoms with E-state index in [-0.39, 0.29) is 0 Å². The second-order valence-corrected chi connectivity index (χ2v) is 8.19. The number of unbranched alkanes of at least 4 members (excludes halogenated alkanes) is 17. The van der Waals surface area contributed by atoms with Gasteiger partial charge in [-0.25, -0.2) is 0 Å². The van der Waals surface area contributed by atoms with Crippen LogP contribution in [0.4, 0.5) is 0 Å². The van der Waals surface area contributed by atoms with Crippen LogP contribution >= 0.6 is 15.9 Å². The molecule has 1 heteroatoms. The van der Waals surface area contributed by atoms with Crippen LogP contribution in [0.2, 0.25) is 0 Å². The Kier molecular flexibility index (Phi) is 23.4. The van der Waals surface area contributed by atoms with E-state index in [0.717, 1.165) is 0 Å². The van der Waals surface area contributed by atoms with Gasteiger partial charge in [-0.05, 0) is 32.1 Å². The maximum Gasteiger partial charge on any atom is 0.00313 e. The van der Waals surface area contributed by atoms with Gasteiger partial charge in [-0.15, -0.1) is 0 Å². The number of hydrogen-bond acceptors (Lipinski definition) is 0. The maximum absolute atomic E-state index is 3.50. The van der Waals surface area contributed by atoms with Crippen LogP contribution in [0, 0.1) is 0 Å². The van der Waals surface area contributed by atoms with Crippen molar-refractivity contribution in [3.63, 3.8) is 0 Å². The highest BCUT2D eigenvalue weighted by atomic mass is 79.9. The van der Waals surface area contributed by atoms with Gasteiger partial charge in [0.1, 0.15) is 0 Å². The Labute approximate surface area is 162 Å². The molecule has 0 aromatic carbocycles. The summed E-state index contributed by atoms with van der Waals surface area (Å²) in [4.78, 5) is 0. The second-order valence-electron chi connectivity index (χ2n) is 7.39. The summed E-state index contributed by atoms with van der Waals surface area (Å²) in [5.74, 6) is 0. The summed E-state index contributed by atoms with van der Waals surface area (Å²) >= 11 is 3.50. The SMILES string of the molecule is CCCCCCCC/C=C\CCCCCCCCCCCCCBr. The van der Waals surface area contributed by atoms with E-state index >= 15 is 0 Å². The molecular formula is C23H45Br. The van der Waals surface area contributed by atoms with Crippen LogP contribution in [-0.4, -0.2) is 5.33 Å². The standard InChI is InChI=1S/C23H45Br/c1-2-3-4-5-6-7-8-9-10-11-12-13-14-15-16-17-18-19-20-21-22-23-24/h9-10H,2-8,11-23H2,1H3/b10-9-. The number of rotatable bonds is 20. The zero-order chi connectivity index (χ0) is 17.6. The van der Waals surface area contributed by atoms with Gasteiger partial charge >= 0.3 is 0 Å². The minimum absolute atomic E-state index is 1.18. The summed E-state index contributed by atoms with van der Waals surface area (Å²) < 4.78 is 0. The normalized spacial score (nSPS) is 11.6. The fourth-order valence-electron chi connectivity index (χ4n) is 3.23. The maximum atomic E-state index is 3.50. The second kappa shape index (κ2) is 23.2. The quantitative estimate of drug-likeness (QED) is 0.108. The highest BCUT2D eigenvalue weighted by molar-refractivity contribution is 9.09. The summed E-state index contributed by atoms with van der Waals surface area (Å²) in [5.41, 5.74) is 0. The molecule has 0 bridgehead atoms. The molecule has 0 aromatic rings. The number of hydrogen-bond donors (Lipinski definition) is 0. The topological polar surface area (TPSA) is 0 Å². The molecule has 0 fully saturated rings. The fourth-order valence-corrected chi connectivity index (χ4v) is 3.62. The smallest absolute Gasteiger partial charge is 0.00313 e. The largest absolute Gasteiger partial charge is 0.0928 e. The van der Waals surface area contributed by atoms with Gasteiger partial charge in [-0.3, -0.25) is 0 Å². The van der Waals surface area contributed by atoms with E-state index in [1.165, 1.54) is 127 Å². The zero-order valence-electron chi connectivity index (χ0n) is 16.7. The Morgan fingerprint density at radius 2 is 0.792 bits per heavy atom. The molecule has 0 atom stereocenters. The predicted octanol–water partition coefficient (Wildman–Crippen LogP) is 9.37. The van der Waals surface area contributed by atoms with Crippen molar-refractivity contribution in [2.75, 3.05) is 5.33 Å². The summed E-state index contributed by atoms with van der Waals surface area (Å²) in [7, 11) is 0. The van der Waals surface area contributed by atoms with Gasteiger partial charge in [0.15, 0.2) is 0 Å². The van der Waals surface area contributed by atoms with Crippen LogP contribution < -0.4 is 0 Å². The lowest BCUT2D eigenvalue weighted by molar-refractivity contribution is 0.551. The van der Waals surface area contributed by atoms with Crippen LogP contribution in [0.3, 0.4) is 0 Å². The Morgan fingerprint density at radius 3 is 1.17 bits per heavy atom. The summed E-state index contributed by atoms with van der Waals surface area (Å²) in [6, 6.07) is 0. The number of halogens is 1. The molecule has 0 heterocycles. The van der Waals surface area contributed by atoms with Gasteiger partial charge < -0.3 is 0 Å². The monoisotopic (exact) mass is 400 g/mol. The molecule has 0 saturated carbocycles. The average molecular weight is 402 g/mol. The van der Waals surface area contributed by atoms with Crippen LogP contribution in [0.25, 0.3) is 0 Å². The lowest BCUT2D eigenvalue weighted by Crippen LogP contribution is -1.83. The molecule has 0 rings (SSSR count). The first kappa shape index (κ1) is 24.2. The summed E-state index contributed by atoms with van der Waals surface area (Å²) in [6.45, 7) is 2.29. The third-order valence-corrected chi connectivity index (χ3v) is 5.46. The van der Waals surface area contributed by atoms with Crippen molar-refractivity contribution in [1.29, 1.82) is 0 Å². The molecule has 0 N–H and O–H groups in total. The summed E-state index contributed by atoms with van der Waals surface area (Å²) in [6.07, 6.45) is 31.8. The number of alkyl halides is 1. The Bertz CT molecular complexity index is 234. The summed E-state index contributed by atoms with van der Waals surface area (Å²) in [5, 5.41) is 1.18. The van der Waals surface area contributed by atoms with E-state index in [2.05, 4.69) is 35.0 Å². The molecule has 0 aliphatic heterocycles. The van der Waals surface area contributed by atoms with Gasteiger partial charge in [0.05, 0.1) is 0 Å². The van der Waals surface area contributed by atoms with Crippen LogP contribution in [0.1, 0.15) is 129 Å². The highest BCUT2D eigenvalue weighted by Crippen LogP contribution is 2.13. The fraction of sp³-hybridized carbons (Fsp3) is 0.913. The first-order valence-corrected chi connectivity index (χ1v) is 12.2. The lowest BCUT2D eigenvalue weighted by Gasteiger charge is -2.02. The van der Waals surface area contributed by atoms with E-state index in [4.69, 9.17) is 0 Å². The van der Waals surface area contributed by atoms with Crippen LogP contribution in [-0.2, 0) is 0 Å². The molecule has 24 heavy (non-hydrogen) atoms. The molecular weight excluding hydrogens is 356 g/mol. The molecule has 0 nitrogen and oxygen atoms in total. The van der Waals surface area contributed by atoms with Gasteiger partial charge in [0.25, 0.3) is 0 Å². The van der Waals surface area contributed by atoms with Crippen molar-refractivity contribution in [3.05, 3.63) is 12.2 Å². The molecule has 0 aliphatic carbocycles. The Balaban J connectivity index is 3.03. The Hall–Kier alpha value is 0.220. The van der Waals surface area contributed by atoms with Crippen molar-refractivity contribution in [3.8, 4) is 0 Å². The molecule has 0 amide bonds. The van der Waals surface area contributed by atoms with Crippen molar-refractivity contribution < 1.29 is 0 Å². The van der Waals surface area contributed by atoms with Gasteiger partial charge in [0, 0.05) is 5.33 Å². The molecule has 0 saturated heterocycles. The van der Waals surface area contributed by atoms with Gasteiger partial charge in [-0.1, -0.05) is 125 Å². The van der Waals surface area contributed by atoms with Crippen molar-refractivity contribution in [2.24, 2.45) is 0 Å². The third kappa shape index (κ3) is 22.2. The van der Waals surface area contributed by atoms with Crippen LogP contribution in [0.15, 0.2) is 12.2 Å². The van der Waals surface area contributed by atoms with E-state index in [1.807, 2.05) is 0 Å². The van der Waals surface area contributed by atoms with E-state index < -0.39 is 0 Å². The minimum atomic E-state index is 1.18. The van der Waals surface area contributed by atoms with Crippen molar-refractivity contribution in [2.45, 2.75) is 129 Å². The van der Waals surface area contributed by atoms with E-state index in [0.29, 0.717) is 0 Å². The first-order valence-electron chi connectivity index (χ1n) is 11.1. The lowest BCUT2D eigenvalue weighted by atomic mass is 10.0. The van der Waals surface area contributed by atoms with Crippen LogP contribution in [0.5, 0.6) is 0 Å². The number of allylic oxidation sites excluding steroid dienone is 2. The molecule has 0 unspecified atom stereocenters. The third-order valence-electron chi connectivity index (χ3n) is 4.90. The zero-order valence-corrected chi connectivity index (χ0v) is 18.3. The molecule has 0 radical (unpaired) electrons. The van der Waals surface area contributed by atoms with Crippen molar-refractivity contribution >= 4 is 15.9 Å². The Morgan fingerprint density at radius 1 is 0.458 bits per heavy atom. The molecule has 0 aliphatic rings. The predicted molar refractivity (Wildman–Crippen MR) is 116 cm³/mol. The highest BCUT2D eigenvalue weighted by Gasteiger charge is 1.93. The average Bonchev–Trinajstić information content (AvgIpc) is 2.60. The minimum Gasteiger partial charge on any atom is -0.0928 e. The van der Waals surface area contributed by atoms with Gasteiger partial charge in [-0.2, -0.15) is 0 Å². The molecule has 144 valence electrons. The first-order chi connectivity index (χ1) is 11.9. The van der Waals surface area contributed by atoms with Crippen molar-refractivity contribution in [1.82, 2.24) is 0 Å². The molecule has 0 spiro atoms. The van der Waals surface area contributed by atoms with Gasteiger partial charge in [0.2, 0.25) is 0 Å². The molecule has 0 aromatic heterocycles. The van der Waals surface area contributed by atoms with E-state index in [9.17, 15) is 0 Å². The van der Waals surface area contributed by atoms with E-state index in [1.54, 1.807) is 0 Å².